The molecule has 0 saturated heterocycles. The molecule has 1 atom stereocenters. The van der Waals surface area contributed by atoms with E-state index in [1.165, 1.54) is 6.07 Å². The molecular formula is C12H16INO3. The van der Waals surface area contributed by atoms with Crippen molar-refractivity contribution in [2.45, 2.75) is 25.9 Å². The zero-order valence-electron chi connectivity index (χ0n) is 9.61. The molecule has 1 aromatic rings. The summed E-state index contributed by atoms with van der Waals surface area (Å²) in [5.74, 6) is -0.195. The highest BCUT2D eigenvalue weighted by atomic mass is 127. The van der Waals surface area contributed by atoms with Crippen LogP contribution in [0.15, 0.2) is 18.2 Å². The summed E-state index contributed by atoms with van der Waals surface area (Å²) >= 11 is 1.99. The van der Waals surface area contributed by atoms with Crippen molar-refractivity contribution < 1.29 is 15.0 Å². The number of phenolic OH excluding ortho intramolecular Hbond substituents is 1. The van der Waals surface area contributed by atoms with Gasteiger partial charge in [-0.25, -0.2) is 0 Å². The second-order valence-corrected chi connectivity index (χ2v) is 4.98. The topological polar surface area (TPSA) is 69.6 Å². The molecule has 3 N–H and O–H groups in total. The molecule has 1 rings (SSSR count). The first-order chi connectivity index (χ1) is 8.04. The van der Waals surface area contributed by atoms with Gasteiger partial charge in [-0.15, -0.1) is 0 Å². The highest BCUT2D eigenvalue weighted by molar-refractivity contribution is 14.1. The normalized spacial score (nSPS) is 12.2. The fourth-order valence-electron chi connectivity index (χ4n) is 1.40. The lowest BCUT2D eigenvalue weighted by Gasteiger charge is -2.11. The number of aliphatic hydroxyl groups excluding tert-OH is 1. The Balaban J connectivity index is 2.55. The molecule has 5 heteroatoms. The number of phenols is 1. The van der Waals surface area contributed by atoms with Crippen LogP contribution in [0.2, 0.25) is 0 Å². The second-order valence-electron chi connectivity index (χ2n) is 3.82. The molecule has 0 aliphatic heterocycles. The Hall–Kier alpha value is -0.820. The summed E-state index contributed by atoms with van der Waals surface area (Å²) in [6.07, 6.45) is 1.03. The average Bonchev–Trinajstić information content (AvgIpc) is 2.30. The number of amides is 1. The molecule has 94 valence electrons. The van der Waals surface area contributed by atoms with Gasteiger partial charge in [0.05, 0.1) is 9.67 Å². The predicted octanol–water partition coefficient (Wildman–Crippen LogP) is 1.89. The van der Waals surface area contributed by atoms with Crippen molar-refractivity contribution in [1.29, 1.82) is 0 Å². The molecule has 0 spiro atoms. The number of aliphatic hydroxyl groups is 1. The van der Waals surface area contributed by atoms with Crippen molar-refractivity contribution in [2.24, 2.45) is 0 Å². The number of benzene rings is 1. The quantitative estimate of drug-likeness (QED) is 0.711. The Morgan fingerprint density at radius 1 is 1.53 bits per heavy atom. The molecule has 0 bridgehead atoms. The van der Waals surface area contributed by atoms with Gasteiger partial charge in [0.25, 0.3) is 5.91 Å². The van der Waals surface area contributed by atoms with Gasteiger partial charge in [-0.3, -0.25) is 4.79 Å². The zero-order chi connectivity index (χ0) is 12.8. The van der Waals surface area contributed by atoms with Gasteiger partial charge in [0.15, 0.2) is 0 Å². The molecule has 0 saturated carbocycles. The van der Waals surface area contributed by atoms with Crippen LogP contribution in [-0.4, -0.2) is 28.8 Å². The maximum atomic E-state index is 11.7. The van der Waals surface area contributed by atoms with Gasteiger partial charge in [0.1, 0.15) is 5.75 Å². The van der Waals surface area contributed by atoms with E-state index in [1.54, 1.807) is 12.1 Å². The van der Waals surface area contributed by atoms with E-state index in [1.807, 2.05) is 29.5 Å². The van der Waals surface area contributed by atoms with Crippen molar-refractivity contribution in [3.05, 3.63) is 27.3 Å². The number of rotatable bonds is 5. The molecule has 0 fully saturated rings. The van der Waals surface area contributed by atoms with Crippen molar-refractivity contribution >= 4 is 28.5 Å². The number of carbonyl (C=O) groups is 1. The SMILES string of the molecule is CCCC(O)CNC(=O)c1ccc(I)c(O)c1. The van der Waals surface area contributed by atoms with Crippen molar-refractivity contribution in [3.63, 3.8) is 0 Å². The summed E-state index contributed by atoms with van der Waals surface area (Å²) in [4.78, 5) is 11.7. The van der Waals surface area contributed by atoms with Gasteiger partial charge >= 0.3 is 0 Å². The lowest BCUT2D eigenvalue weighted by atomic mass is 10.2. The van der Waals surface area contributed by atoms with E-state index in [4.69, 9.17) is 0 Å². The molecule has 0 aliphatic carbocycles. The van der Waals surface area contributed by atoms with Crippen LogP contribution < -0.4 is 5.32 Å². The highest BCUT2D eigenvalue weighted by Gasteiger charge is 2.10. The van der Waals surface area contributed by atoms with Gasteiger partial charge in [-0.1, -0.05) is 13.3 Å². The Morgan fingerprint density at radius 3 is 2.82 bits per heavy atom. The fraction of sp³-hybridized carbons (Fsp3) is 0.417. The largest absolute Gasteiger partial charge is 0.507 e. The predicted molar refractivity (Wildman–Crippen MR) is 74.1 cm³/mol. The summed E-state index contributed by atoms with van der Waals surface area (Å²) in [6.45, 7) is 2.21. The lowest BCUT2D eigenvalue weighted by Crippen LogP contribution is -2.31. The van der Waals surface area contributed by atoms with Crippen molar-refractivity contribution in [2.75, 3.05) is 6.54 Å². The van der Waals surface area contributed by atoms with Crippen LogP contribution >= 0.6 is 22.6 Å². The van der Waals surface area contributed by atoms with Gasteiger partial charge in [0, 0.05) is 12.1 Å². The van der Waals surface area contributed by atoms with E-state index >= 15 is 0 Å². The number of aromatic hydroxyl groups is 1. The first-order valence-corrected chi connectivity index (χ1v) is 6.57. The van der Waals surface area contributed by atoms with E-state index in [-0.39, 0.29) is 18.2 Å². The van der Waals surface area contributed by atoms with Crippen LogP contribution in [0.3, 0.4) is 0 Å². The third-order valence-corrected chi connectivity index (χ3v) is 3.24. The second kappa shape index (κ2) is 6.80. The number of hydrogen-bond donors (Lipinski definition) is 3. The summed E-state index contributed by atoms with van der Waals surface area (Å²) < 4.78 is 0.699. The van der Waals surface area contributed by atoms with Gasteiger partial charge in [0.2, 0.25) is 0 Å². The lowest BCUT2D eigenvalue weighted by molar-refractivity contribution is 0.0909. The minimum absolute atomic E-state index is 0.0901. The third kappa shape index (κ3) is 4.51. The number of halogens is 1. The standard InChI is InChI=1S/C12H16INO3/c1-2-3-9(15)7-14-12(17)8-4-5-10(13)11(16)6-8/h4-6,9,15-16H,2-3,7H2,1H3,(H,14,17). The minimum Gasteiger partial charge on any atom is -0.507 e. The molecule has 0 radical (unpaired) electrons. The Kier molecular flexibility index (Phi) is 5.70. The first-order valence-electron chi connectivity index (χ1n) is 5.49. The van der Waals surface area contributed by atoms with Crippen LogP contribution in [-0.2, 0) is 0 Å². The minimum atomic E-state index is -0.513. The highest BCUT2D eigenvalue weighted by Crippen LogP contribution is 2.20. The van der Waals surface area contributed by atoms with Gasteiger partial charge in [-0.2, -0.15) is 0 Å². The van der Waals surface area contributed by atoms with Crippen LogP contribution in [0.5, 0.6) is 5.75 Å². The van der Waals surface area contributed by atoms with E-state index in [0.717, 1.165) is 6.42 Å². The monoisotopic (exact) mass is 349 g/mol. The van der Waals surface area contributed by atoms with Crippen LogP contribution in [0, 0.1) is 3.57 Å². The number of hydrogen-bond acceptors (Lipinski definition) is 3. The molecule has 0 heterocycles. The molecular weight excluding hydrogens is 333 g/mol. The summed E-state index contributed by atoms with van der Waals surface area (Å²) in [5, 5.41) is 21.6. The Morgan fingerprint density at radius 2 is 2.24 bits per heavy atom. The molecule has 1 unspecified atom stereocenters. The fourth-order valence-corrected chi connectivity index (χ4v) is 1.74. The maximum absolute atomic E-state index is 11.7. The van der Waals surface area contributed by atoms with Crippen LogP contribution in [0.1, 0.15) is 30.1 Å². The van der Waals surface area contributed by atoms with Crippen LogP contribution in [0.4, 0.5) is 0 Å². The first kappa shape index (κ1) is 14.2. The average molecular weight is 349 g/mol. The third-order valence-electron chi connectivity index (χ3n) is 2.33. The molecule has 1 amide bonds. The van der Waals surface area contributed by atoms with Gasteiger partial charge in [-0.05, 0) is 47.2 Å². The van der Waals surface area contributed by atoms with E-state index in [9.17, 15) is 15.0 Å². The number of nitrogens with one attached hydrogen (secondary N) is 1. The number of carbonyl (C=O) groups excluding carboxylic acids is 1. The zero-order valence-corrected chi connectivity index (χ0v) is 11.8. The maximum Gasteiger partial charge on any atom is 0.251 e. The smallest absolute Gasteiger partial charge is 0.251 e. The van der Waals surface area contributed by atoms with Crippen molar-refractivity contribution in [1.82, 2.24) is 5.32 Å². The molecule has 0 aliphatic rings. The Bertz CT molecular complexity index is 395. The summed E-state index contributed by atoms with van der Waals surface area (Å²) in [5.41, 5.74) is 0.395. The molecule has 17 heavy (non-hydrogen) atoms. The molecule has 4 nitrogen and oxygen atoms in total. The van der Waals surface area contributed by atoms with Crippen molar-refractivity contribution in [3.8, 4) is 5.75 Å². The van der Waals surface area contributed by atoms with E-state index in [0.29, 0.717) is 15.6 Å². The van der Waals surface area contributed by atoms with E-state index in [2.05, 4.69) is 5.32 Å². The van der Waals surface area contributed by atoms with Crippen LogP contribution in [0.25, 0.3) is 0 Å². The summed E-state index contributed by atoms with van der Waals surface area (Å²) in [7, 11) is 0. The molecule has 1 aromatic carbocycles. The summed E-state index contributed by atoms with van der Waals surface area (Å²) in [6, 6.07) is 4.74. The molecule has 0 aromatic heterocycles. The van der Waals surface area contributed by atoms with E-state index < -0.39 is 6.10 Å². The Labute approximate surface area is 114 Å². The van der Waals surface area contributed by atoms with Gasteiger partial charge < -0.3 is 15.5 Å².